The van der Waals surface area contributed by atoms with E-state index in [1.54, 1.807) is 12.1 Å². The maximum atomic E-state index is 12.8. The van der Waals surface area contributed by atoms with E-state index in [0.29, 0.717) is 16.7 Å². The molecule has 4 N–H and O–H groups in total. The first-order chi connectivity index (χ1) is 9.92. The van der Waals surface area contributed by atoms with E-state index >= 15 is 0 Å². The van der Waals surface area contributed by atoms with Crippen LogP contribution in [0.25, 0.3) is 0 Å². The van der Waals surface area contributed by atoms with E-state index in [4.69, 9.17) is 5.84 Å². The molecule has 0 unspecified atom stereocenters. The number of hydrazine groups is 1. The Bertz CT molecular complexity index is 614. The first-order valence-electron chi connectivity index (χ1n) is 7.52. The minimum absolute atomic E-state index is 0.126. The number of hydrogen-bond donors (Lipinski definition) is 3. The van der Waals surface area contributed by atoms with Crippen molar-refractivity contribution >= 4 is 15.7 Å². The van der Waals surface area contributed by atoms with Crippen molar-refractivity contribution in [1.29, 1.82) is 0 Å². The van der Waals surface area contributed by atoms with Crippen LogP contribution in [0.1, 0.15) is 36.8 Å². The number of nitrogen functional groups attached to an aromatic ring is 1. The van der Waals surface area contributed by atoms with Gasteiger partial charge in [0.05, 0.1) is 4.90 Å². The molecule has 116 valence electrons. The number of benzene rings is 1. The van der Waals surface area contributed by atoms with Crippen LogP contribution in [0, 0.1) is 25.7 Å². The molecule has 0 amide bonds. The molecular weight excluding hydrogens is 286 g/mol. The average molecular weight is 309 g/mol. The fourth-order valence-corrected chi connectivity index (χ4v) is 5.01. The molecule has 0 bridgehead atoms. The van der Waals surface area contributed by atoms with Crippen LogP contribution in [0.4, 0.5) is 5.69 Å². The third kappa shape index (κ3) is 3.07. The zero-order valence-electron chi connectivity index (χ0n) is 12.5. The minimum atomic E-state index is -3.47. The molecule has 3 rings (SSSR count). The average Bonchev–Trinajstić information content (AvgIpc) is 3.27. The lowest BCUT2D eigenvalue weighted by molar-refractivity contribution is 0.471. The predicted molar refractivity (Wildman–Crippen MR) is 83.3 cm³/mol. The van der Waals surface area contributed by atoms with Gasteiger partial charge in [-0.1, -0.05) is 0 Å². The molecule has 21 heavy (non-hydrogen) atoms. The van der Waals surface area contributed by atoms with Gasteiger partial charge in [-0.05, 0) is 74.6 Å². The lowest BCUT2D eigenvalue weighted by Crippen LogP contribution is -2.38. The van der Waals surface area contributed by atoms with Crippen LogP contribution in [0.3, 0.4) is 0 Å². The highest BCUT2D eigenvalue weighted by atomic mass is 32.2. The van der Waals surface area contributed by atoms with Crippen LogP contribution in [0.15, 0.2) is 17.0 Å². The summed E-state index contributed by atoms with van der Waals surface area (Å²) >= 11 is 0. The third-order valence-electron chi connectivity index (χ3n) is 4.45. The van der Waals surface area contributed by atoms with Crippen LogP contribution in [-0.4, -0.2) is 14.5 Å². The summed E-state index contributed by atoms with van der Waals surface area (Å²) in [6, 6.07) is 3.66. The number of nitrogens with two attached hydrogens (primary N) is 1. The molecule has 0 radical (unpaired) electrons. The van der Waals surface area contributed by atoms with Crippen molar-refractivity contribution < 1.29 is 8.42 Å². The zero-order valence-corrected chi connectivity index (χ0v) is 13.3. The summed E-state index contributed by atoms with van der Waals surface area (Å²) in [5, 5.41) is 0. The second-order valence-corrected chi connectivity index (χ2v) is 8.06. The molecular formula is C15H23N3O2S. The predicted octanol–water partition coefficient (Wildman–Crippen LogP) is 2.06. The van der Waals surface area contributed by atoms with Gasteiger partial charge in [-0.15, -0.1) is 0 Å². The summed E-state index contributed by atoms with van der Waals surface area (Å²) in [5.41, 5.74) is 4.74. The first kappa shape index (κ1) is 14.8. The molecule has 1 aromatic carbocycles. The molecule has 0 spiro atoms. The summed E-state index contributed by atoms with van der Waals surface area (Å²) in [5.74, 6) is 6.49. The molecule has 0 aliphatic heterocycles. The zero-order chi connectivity index (χ0) is 15.2. The number of aryl methyl sites for hydroxylation is 2. The van der Waals surface area contributed by atoms with Crippen molar-refractivity contribution in [2.24, 2.45) is 17.7 Å². The van der Waals surface area contributed by atoms with Crippen LogP contribution in [-0.2, 0) is 10.0 Å². The van der Waals surface area contributed by atoms with Gasteiger partial charge in [-0.3, -0.25) is 5.84 Å². The Labute approximate surface area is 126 Å². The summed E-state index contributed by atoms with van der Waals surface area (Å²) in [6.07, 6.45) is 4.60. The van der Waals surface area contributed by atoms with Gasteiger partial charge in [0.1, 0.15) is 0 Å². The fraction of sp³-hybridized carbons (Fsp3) is 0.600. The number of sulfonamides is 1. The highest BCUT2D eigenvalue weighted by Gasteiger charge is 2.43. The lowest BCUT2D eigenvalue weighted by atomic mass is 10.1. The summed E-state index contributed by atoms with van der Waals surface area (Å²) in [6.45, 7) is 3.62. The number of anilines is 1. The number of nitrogens with one attached hydrogen (secondary N) is 2. The van der Waals surface area contributed by atoms with Gasteiger partial charge in [-0.25, -0.2) is 13.1 Å². The second kappa shape index (κ2) is 5.26. The molecule has 0 atom stereocenters. The van der Waals surface area contributed by atoms with Crippen LogP contribution < -0.4 is 16.0 Å². The van der Waals surface area contributed by atoms with Crippen LogP contribution in [0.2, 0.25) is 0 Å². The topological polar surface area (TPSA) is 84.2 Å². The van der Waals surface area contributed by atoms with Crippen molar-refractivity contribution in [3.63, 3.8) is 0 Å². The van der Waals surface area contributed by atoms with Crippen LogP contribution >= 0.6 is 0 Å². The Morgan fingerprint density at radius 1 is 1.10 bits per heavy atom. The van der Waals surface area contributed by atoms with Gasteiger partial charge < -0.3 is 5.43 Å². The first-order valence-corrected chi connectivity index (χ1v) is 9.01. The molecule has 0 aromatic heterocycles. The maximum absolute atomic E-state index is 12.8. The van der Waals surface area contributed by atoms with E-state index in [1.165, 1.54) is 0 Å². The normalized spacial score (nSPS) is 19.0. The standard InChI is InChI=1S/C15H23N3O2S/c1-9-7-13(17-16)8-10(2)15(9)21(19,20)18-14(11-3-4-11)12-5-6-12/h7-8,11-12,14,17-18H,3-6,16H2,1-2H3. The van der Waals surface area contributed by atoms with E-state index in [0.717, 1.165) is 42.5 Å². The highest BCUT2D eigenvalue weighted by Crippen LogP contribution is 2.45. The summed E-state index contributed by atoms with van der Waals surface area (Å²) in [4.78, 5) is 0.396. The van der Waals surface area contributed by atoms with E-state index < -0.39 is 10.0 Å². The Hall–Kier alpha value is -1.11. The van der Waals surface area contributed by atoms with Gasteiger partial charge in [0, 0.05) is 11.7 Å². The van der Waals surface area contributed by atoms with Crippen molar-refractivity contribution in [1.82, 2.24) is 4.72 Å². The molecule has 0 saturated heterocycles. The molecule has 6 heteroatoms. The number of rotatable bonds is 6. The van der Waals surface area contributed by atoms with Crippen molar-refractivity contribution in [2.75, 3.05) is 5.43 Å². The molecule has 5 nitrogen and oxygen atoms in total. The van der Waals surface area contributed by atoms with Gasteiger partial charge in [0.15, 0.2) is 0 Å². The monoisotopic (exact) mass is 309 g/mol. The minimum Gasteiger partial charge on any atom is -0.324 e. The SMILES string of the molecule is Cc1cc(NN)cc(C)c1S(=O)(=O)NC(C1CC1)C1CC1. The second-order valence-electron chi connectivity index (χ2n) is 6.41. The molecule has 2 saturated carbocycles. The molecule has 2 aliphatic carbocycles. The van der Waals surface area contributed by atoms with Gasteiger partial charge in [0.2, 0.25) is 10.0 Å². The molecule has 2 aliphatic rings. The van der Waals surface area contributed by atoms with Gasteiger partial charge in [-0.2, -0.15) is 0 Å². The Kier molecular flexibility index (Phi) is 3.71. The van der Waals surface area contributed by atoms with E-state index in [9.17, 15) is 8.42 Å². The Morgan fingerprint density at radius 2 is 1.57 bits per heavy atom. The summed E-state index contributed by atoms with van der Waals surface area (Å²) < 4.78 is 28.5. The van der Waals surface area contributed by atoms with Crippen molar-refractivity contribution in [3.8, 4) is 0 Å². The van der Waals surface area contributed by atoms with Gasteiger partial charge >= 0.3 is 0 Å². The number of hydrogen-bond acceptors (Lipinski definition) is 4. The van der Waals surface area contributed by atoms with Gasteiger partial charge in [0.25, 0.3) is 0 Å². The van der Waals surface area contributed by atoms with Crippen LogP contribution in [0.5, 0.6) is 0 Å². The lowest BCUT2D eigenvalue weighted by Gasteiger charge is -2.20. The molecule has 0 heterocycles. The molecule has 2 fully saturated rings. The van der Waals surface area contributed by atoms with E-state index in [-0.39, 0.29) is 6.04 Å². The Morgan fingerprint density at radius 3 is 1.95 bits per heavy atom. The quantitative estimate of drug-likeness (QED) is 0.555. The highest BCUT2D eigenvalue weighted by molar-refractivity contribution is 7.89. The Balaban J connectivity index is 1.90. The van der Waals surface area contributed by atoms with Crippen molar-refractivity contribution in [3.05, 3.63) is 23.3 Å². The molecule has 1 aromatic rings. The third-order valence-corrected chi connectivity index (χ3v) is 6.21. The summed E-state index contributed by atoms with van der Waals surface area (Å²) in [7, 11) is -3.47. The largest absolute Gasteiger partial charge is 0.324 e. The van der Waals surface area contributed by atoms with E-state index in [1.807, 2.05) is 13.8 Å². The smallest absolute Gasteiger partial charge is 0.241 e. The maximum Gasteiger partial charge on any atom is 0.241 e. The van der Waals surface area contributed by atoms with Crippen molar-refractivity contribution in [2.45, 2.75) is 50.5 Å². The fourth-order valence-electron chi connectivity index (χ4n) is 3.18. The van der Waals surface area contributed by atoms with E-state index in [2.05, 4.69) is 10.1 Å².